The molecule has 0 spiro atoms. The molecule has 2 atom stereocenters. The maximum Gasteiger partial charge on any atom is 0.261 e. The van der Waals surface area contributed by atoms with Gasteiger partial charge < -0.3 is 19.5 Å². The average Bonchev–Trinajstić information content (AvgIpc) is 3.26. The van der Waals surface area contributed by atoms with Gasteiger partial charge in [0.05, 0.1) is 17.2 Å². The second-order valence-electron chi connectivity index (χ2n) is 9.42. The molecule has 1 N–H and O–H groups in total. The van der Waals surface area contributed by atoms with E-state index in [1.165, 1.54) is 38.2 Å². The largest absolute Gasteiger partial charge is 0.378 e. The van der Waals surface area contributed by atoms with E-state index in [9.17, 15) is 4.39 Å². The molecule has 5 rings (SSSR count). The molecular weight excluding hydrogens is 421 g/mol. The fourth-order valence-electron chi connectivity index (χ4n) is 5.22. The molecule has 176 valence electrons. The molecule has 1 saturated carbocycles. The summed E-state index contributed by atoms with van der Waals surface area (Å²) in [6, 6.07) is 6.18. The van der Waals surface area contributed by atoms with E-state index in [1.54, 1.807) is 21.0 Å². The molecule has 1 aliphatic carbocycles. The standard InChI is InChI=1S/C25H32FN5O2/c1-15-11-17-12-19(25-27-16(2)30-33-25)24(29-22(17)13-20(15)26)31-10-9-21(23(14-31)32-3)28-18-7-5-4-6-8-18/h11-13,18,21,23,28H,4-10,14H2,1-3H3/t21-,23+/m1/s1. The van der Waals surface area contributed by atoms with Gasteiger partial charge in [-0.3, -0.25) is 0 Å². The number of hydrogen-bond acceptors (Lipinski definition) is 7. The third-order valence-corrected chi connectivity index (χ3v) is 7.05. The number of methoxy groups -OCH3 is 1. The lowest BCUT2D eigenvalue weighted by atomic mass is 9.92. The number of halogens is 1. The number of aromatic nitrogens is 3. The monoisotopic (exact) mass is 453 g/mol. The van der Waals surface area contributed by atoms with E-state index in [4.69, 9.17) is 14.2 Å². The summed E-state index contributed by atoms with van der Waals surface area (Å²) < 4.78 is 25.8. The molecule has 0 bridgehead atoms. The van der Waals surface area contributed by atoms with E-state index in [0.717, 1.165) is 29.7 Å². The minimum atomic E-state index is -0.257. The van der Waals surface area contributed by atoms with Crippen molar-refractivity contribution in [2.24, 2.45) is 0 Å². The van der Waals surface area contributed by atoms with Crippen LogP contribution in [-0.4, -0.2) is 53.5 Å². The van der Waals surface area contributed by atoms with Crippen molar-refractivity contribution in [2.75, 3.05) is 25.1 Å². The third kappa shape index (κ3) is 4.59. The lowest BCUT2D eigenvalue weighted by Gasteiger charge is -2.41. The van der Waals surface area contributed by atoms with E-state index in [2.05, 4.69) is 20.4 Å². The molecule has 1 aliphatic heterocycles. The number of nitrogens with one attached hydrogen (secondary N) is 1. The van der Waals surface area contributed by atoms with Gasteiger partial charge in [0, 0.05) is 43.7 Å². The van der Waals surface area contributed by atoms with Crippen LogP contribution in [0.1, 0.15) is 49.9 Å². The van der Waals surface area contributed by atoms with Gasteiger partial charge in [-0.2, -0.15) is 4.98 Å². The van der Waals surface area contributed by atoms with Crippen molar-refractivity contribution in [3.63, 3.8) is 0 Å². The van der Waals surface area contributed by atoms with Gasteiger partial charge in [0.25, 0.3) is 5.89 Å². The van der Waals surface area contributed by atoms with Crippen molar-refractivity contribution >= 4 is 16.7 Å². The number of pyridine rings is 1. The number of benzene rings is 1. The van der Waals surface area contributed by atoms with Gasteiger partial charge in [0.1, 0.15) is 11.6 Å². The van der Waals surface area contributed by atoms with Gasteiger partial charge in [0.2, 0.25) is 0 Å². The van der Waals surface area contributed by atoms with E-state index < -0.39 is 0 Å². The van der Waals surface area contributed by atoms with Crippen LogP contribution in [0.5, 0.6) is 0 Å². The van der Waals surface area contributed by atoms with Crippen LogP contribution in [0.4, 0.5) is 10.2 Å². The molecular formula is C25H32FN5O2. The number of piperidine rings is 1. The molecule has 2 aliphatic rings. The Morgan fingerprint density at radius 2 is 1.91 bits per heavy atom. The second kappa shape index (κ2) is 9.35. The van der Waals surface area contributed by atoms with Crippen molar-refractivity contribution < 1.29 is 13.7 Å². The van der Waals surface area contributed by atoms with E-state index >= 15 is 0 Å². The van der Waals surface area contributed by atoms with Gasteiger partial charge in [-0.25, -0.2) is 9.37 Å². The SMILES string of the molecule is CO[C@H]1CN(c2nc3cc(F)c(C)cc3cc2-c2nc(C)no2)CC[C@H]1NC1CCCCC1. The number of hydrogen-bond donors (Lipinski definition) is 1. The lowest BCUT2D eigenvalue weighted by Crippen LogP contribution is -2.56. The summed E-state index contributed by atoms with van der Waals surface area (Å²) in [5.74, 6) is 1.46. The molecule has 1 saturated heterocycles. The Morgan fingerprint density at radius 1 is 1.09 bits per heavy atom. The molecule has 3 heterocycles. The number of ether oxygens (including phenoxy) is 1. The van der Waals surface area contributed by atoms with E-state index in [-0.39, 0.29) is 11.9 Å². The molecule has 8 heteroatoms. The van der Waals surface area contributed by atoms with Crippen LogP contribution >= 0.6 is 0 Å². The van der Waals surface area contributed by atoms with E-state index in [0.29, 0.717) is 41.4 Å². The molecule has 1 aromatic carbocycles. The first-order valence-electron chi connectivity index (χ1n) is 12.0. The zero-order valence-corrected chi connectivity index (χ0v) is 19.6. The maximum atomic E-state index is 14.3. The second-order valence-corrected chi connectivity index (χ2v) is 9.42. The van der Waals surface area contributed by atoms with Crippen LogP contribution in [0, 0.1) is 19.7 Å². The molecule has 2 aromatic heterocycles. The molecule has 0 unspecified atom stereocenters. The zero-order valence-electron chi connectivity index (χ0n) is 19.6. The average molecular weight is 454 g/mol. The predicted molar refractivity (Wildman–Crippen MR) is 126 cm³/mol. The minimum Gasteiger partial charge on any atom is -0.378 e. The Labute approximate surface area is 193 Å². The highest BCUT2D eigenvalue weighted by molar-refractivity contribution is 5.88. The molecule has 7 nitrogen and oxygen atoms in total. The lowest BCUT2D eigenvalue weighted by molar-refractivity contribution is 0.0534. The van der Waals surface area contributed by atoms with Crippen LogP contribution < -0.4 is 10.2 Å². The Hall–Kier alpha value is -2.58. The molecule has 33 heavy (non-hydrogen) atoms. The zero-order chi connectivity index (χ0) is 22.9. The van der Waals surface area contributed by atoms with E-state index in [1.807, 2.05) is 12.1 Å². The highest BCUT2D eigenvalue weighted by Gasteiger charge is 2.33. The van der Waals surface area contributed by atoms with Crippen molar-refractivity contribution in [1.82, 2.24) is 20.4 Å². The summed E-state index contributed by atoms with van der Waals surface area (Å²) in [6.45, 7) is 5.06. The summed E-state index contributed by atoms with van der Waals surface area (Å²) in [4.78, 5) is 11.5. The van der Waals surface area contributed by atoms with Gasteiger partial charge in [-0.05, 0) is 50.8 Å². The van der Waals surface area contributed by atoms with Crippen LogP contribution in [0.2, 0.25) is 0 Å². The summed E-state index contributed by atoms with van der Waals surface area (Å²) in [5, 5.41) is 8.68. The first-order valence-corrected chi connectivity index (χ1v) is 12.0. The summed E-state index contributed by atoms with van der Waals surface area (Å²) in [5.41, 5.74) is 1.96. The van der Waals surface area contributed by atoms with Gasteiger partial charge in [-0.15, -0.1) is 0 Å². The summed E-state index contributed by atoms with van der Waals surface area (Å²) in [6.07, 6.45) is 7.42. The molecule has 0 radical (unpaired) electrons. The van der Waals surface area contributed by atoms with Gasteiger partial charge >= 0.3 is 0 Å². The quantitative estimate of drug-likeness (QED) is 0.607. The van der Waals surface area contributed by atoms with Crippen LogP contribution in [-0.2, 0) is 4.74 Å². The van der Waals surface area contributed by atoms with Gasteiger partial charge in [0.15, 0.2) is 5.82 Å². The number of fused-ring (bicyclic) bond motifs is 1. The number of rotatable bonds is 5. The predicted octanol–water partition coefficient (Wildman–Crippen LogP) is 4.56. The normalized spacial score (nSPS) is 22.2. The fraction of sp³-hybridized carbons (Fsp3) is 0.560. The fourth-order valence-corrected chi connectivity index (χ4v) is 5.22. The van der Waals surface area contributed by atoms with Crippen LogP contribution in [0.25, 0.3) is 22.4 Å². The van der Waals surface area contributed by atoms with Crippen molar-refractivity contribution in [3.05, 3.63) is 35.4 Å². The van der Waals surface area contributed by atoms with Crippen LogP contribution in [0.15, 0.2) is 22.7 Å². The summed E-state index contributed by atoms with van der Waals surface area (Å²) in [7, 11) is 1.78. The van der Waals surface area contributed by atoms with Crippen molar-refractivity contribution in [1.29, 1.82) is 0 Å². The first kappa shape index (κ1) is 22.2. The molecule has 2 fully saturated rings. The highest BCUT2D eigenvalue weighted by Crippen LogP contribution is 2.34. The number of aryl methyl sites for hydroxylation is 2. The topological polar surface area (TPSA) is 76.3 Å². The first-order chi connectivity index (χ1) is 16.0. The third-order valence-electron chi connectivity index (χ3n) is 7.05. The van der Waals surface area contributed by atoms with Crippen molar-refractivity contribution in [2.45, 2.75) is 70.6 Å². The highest BCUT2D eigenvalue weighted by atomic mass is 19.1. The Bertz CT molecular complexity index is 1130. The minimum absolute atomic E-state index is 0.0326. The Kier molecular flexibility index (Phi) is 6.29. The van der Waals surface area contributed by atoms with Crippen molar-refractivity contribution in [3.8, 4) is 11.5 Å². The van der Waals surface area contributed by atoms with Crippen LogP contribution in [0.3, 0.4) is 0 Å². The maximum absolute atomic E-state index is 14.3. The summed E-state index contributed by atoms with van der Waals surface area (Å²) >= 11 is 0. The smallest absolute Gasteiger partial charge is 0.261 e. The Morgan fingerprint density at radius 3 is 2.64 bits per heavy atom. The molecule has 0 amide bonds. The number of nitrogens with zero attached hydrogens (tertiary/aromatic N) is 4. The van der Waals surface area contributed by atoms with Gasteiger partial charge in [-0.1, -0.05) is 24.4 Å². The molecule has 3 aromatic rings. The number of anilines is 1. The Balaban J connectivity index is 1.47.